The van der Waals surface area contributed by atoms with Crippen LogP contribution in [-0.2, 0) is 14.3 Å². The van der Waals surface area contributed by atoms with Crippen molar-refractivity contribution in [1.29, 1.82) is 0 Å². The van der Waals surface area contributed by atoms with Gasteiger partial charge in [-0.3, -0.25) is 0 Å². The second-order valence-corrected chi connectivity index (χ2v) is 3.50. The molecule has 16 heavy (non-hydrogen) atoms. The molecule has 0 rings (SSSR count). The minimum atomic E-state index is -0.900. The number of hydrogen-bond donors (Lipinski definition) is 1. The molecule has 0 spiro atoms. The molecular formula is C12H20O4. The lowest BCUT2D eigenvalue weighted by Crippen LogP contribution is -2.11. The lowest BCUT2D eigenvalue weighted by atomic mass is 10.2. The number of rotatable bonds is 4. The Labute approximate surface area is 96.6 Å². The number of ether oxygens (including phenoxy) is 1. The van der Waals surface area contributed by atoms with Crippen LogP contribution in [0.2, 0.25) is 0 Å². The van der Waals surface area contributed by atoms with E-state index >= 15 is 0 Å². The minimum Gasteiger partial charge on any atom is -0.478 e. The molecule has 0 aliphatic carbocycles. The number of carboxylic acids is 1. The van der Waals surface area contributed by atoms with Gasteiger partial charge in [0, 0.05) is 11.1 Å². The Bertz CT molecular complexity index is 277. The summed E-state index contributed by atoms with van der Waals surface area (Å²) in [6, 6.07) is 0. The fraction of sp³-hybridized carbons (Fsp3) is 0.500. The first-order chi connectivity index (χ1) is 7.22. The molecule has 1 N–H and O–H groups in total. The normalized spacial score (nSPS) is 8.81. The van der Waals surface area contributed by atoms with Gasteiger partial charge in [0.25, 0.3) is 0 Å². The Morgan fingerprint density at radius 3 is 1.81 bits per heavy atom. The average molecular weight is 228 g/mol. The molecule has 0 aliphatic heterocycles. The van der Waals surface area contributed by atoms with E-state index in [0.717, 1.165) is 0 Å². The average Bonchev–Trinajstić information content (AvgIpc) is 2.16. The molecule has 0 fully saturated rings. The van der Waals surface area contributed by atoms with Gasteiger partial charge in [-0.2, -0.15) is 0 Å². The van der Waals surface area contributed by atoms with Crippen molar-refractivity contribution in [2.45, 2.75) is 40.2 Å². The highest BCUT2D eigenvalue weighted by molar-refractivity contribution is 5.87. The SMILES string of the molecule is C=C(C)C(=O)OC(C)C.C=C(CC)C(=O)O. The second-order valence-electron chi connectivity index (χ2n) is 3.50. The van der Waals surface area contributed by atoms with Crippen molar-refractivity contribution in [2.24, 2.45) is 0 Å². The fourth-order valence-corrected chi connectivity index (χ4v) is 0.466. The van der Waals surface area contributed by atoms with Crippen molar-refractivity contribution in [3.05, 3.63) is 24.3 Å². The zero-order valence-electron chi connectivity index (χ0n) is 10.4. The monoisotopic (exact) mass is 228 g/mol. The van der Waals surface area contributed by atoms with Crippen LogP contribution in [0.1, 0.15) is 34.1 Å². The third kappa shape index (κ3) is 10.5. The van der Waals surface area contributed by atoms with Crippen molar-refractivity contribution >= 4 is 11.9 Å². The zero-order chi connectivity index (χ0) is 13.3. The highest BCUT2D eigenvalue weighted by atomic mass is 16.5. The first-order valence-corrected chi connectivity index (χ1v) is 4.99. The van der Waals surface area contributed by atoms with Gasteiger partial charge in [0.15, 0.2) is 0 Å². The van der Waals surface area contributed by atoms with Gasteiger partial charge in [-0.05, 0) is 27.2 Å². The maximum atomic E-state index is 10.6. The van der Waals surface area contributed by atoms with Gasteiger partial charge in [-0.25, -0.2) is 9.59 Å². The highest BCUT2D eigenvalue weighted by Gasteiger charge is 2.03. The molecule has 4 nitrogen and oxygen atoms in total. The van der Waals surface area contributed by atoms with Crippen LogP contribution in [0.4, 0.5) is 0 Å². The van der Waals surface area contributed by atoms with Crippen molar-refractivity contribution in [2.75, 3.05) is 0 Å². The quantitative estimate of drug-likeness (QED) is 0.593. The van der Waals surface area contributed by atoms with Gasteiger partial charge in [-0.15, -0.1) is 0 Å². The van der Waals surface area contributed by atoms with Crippen molar-refractivity contribution in [3.8, 4) is 0 Å². The number of aliphatic carboxylic acids is 1. The summed E-state index contributed by atoms with van der Waals surface area (Å²) in [4.78, 5) is 20.5. The molecule has 0 amide bonds. The zero-order valence-corrected chi connectivity index (χ0v) is 10.4. The van der Waals surface area contributed by atoms with E-state index in [-0.39, 0.29) is 17.6 Å². The molecule has 4 heteroatoms. The molecule has 92 valence electrons. The molecule has 0 aromatic heterocycles. The predicted octanol–water partition coefficient (Wildman–Crippen LogP) is 2.55. The van der Waals surface area contributed by atoms with E-state index in [1.54, 1.807) is 27.7 Å². The third-order valence-electron chi connectivity index (χ3n) is 1.42. The van der Waals surface area contributed by atoms with E-state index in [4.69, 9.17) is 9.84 Å². The van der Waals surface area contributed by atoms with Gasteiger partial charge in [0.1, 0.15) is 0 Å². The van der Waals surface area contributed by atoms with Crippen LogP contribution >= 0.6 is 0 Å². The molecule has 0 unspecified atom stereocenters. The van der Waals surface area contributed by atoms with Crippen LogP contribution in [0.15, 0.2) is 24.3 Å². The van der Waals surface area contributed by atoms with Gasteiger partial charge in [-0.1, -0.05) is 20.1 Å². The van der Waals surface area contributed by atoms with E-state index < -0.39 is 5.97 Å². The molecule has 0 saturated carbocycles. The smallest absolute Gasteiger partial charge is 0.333 e. The number of carbonyl (C=O) groups is 2. The Morgan fingerprint density at radius 1 is 1.31 bits per heavy atom. The van der Waals surface area contributed by atoms with Crippen molar-refractivity contribution < 1.29 is 19.4 Å². The first-order valence-electron chi connectivity index (χ1n) is 4.99. The van der Waals surface area contributed by atoms with E-state index in [0.29, 0.717) is 12.0 Å². The first kappa shape index (κ1) is 16.8. The van der Waals surface area contributed by atoms with Gasteiger partial charge >= 0.3 is 11.9 Å². The molecule has 0 heterocycles. The van der Waals surface area contributed by atoms with E-state index in [9.17, 15) is 9.59 Å². The van der Waals surface area contributed by atoms with Crippen LogP contribution < -0.4 is 0 Å². The summed E-state index contributed by atoms with van der Waals surface area (Å²) in [7, 11) is 0. The highest BCUT2D eigenvalue weighted by Crippen LogP contribution is 1.95. The number of carbonyl (C=O) groups excluding carboxylic acids is 1. The van der Waals surface area contributed by atoms with Crippen molar-refractivity contribution in [1.82, 2.24) is 0 Å². The Kier molecular flexibility index (Phi) is 9.16. The Morgan fingerprint density at radius 2 is 1.75 bits per heavy atom. The summed E-state index contributed by atoms with van der Waals surface area (Å²) in [6.45, 7) is 13.7. The lowest BCUT2D eigenvalue weighted by molar-refractivity contribution is -0.142. The van der Waals surface area contributed by atoms with Crippen LogP contribution in [0, 0.1) is 0 Å². The van der Waals surface area contributed by atoms with E-state index in [1.165, 1.54) is 0 Å². The number of esters is 1. The van der Waals surface area contributed by atoms with Gasteiger partial charge in [0.05, 0.1) is 6.10 Å². The summed E-state index contributed by atoms with van der Waals surface area (Å²) in [5, 5.41) is 8.08. The summed E-state index contributed by atoms with van der Waals surface area (Å²) in [5.74, 6) is -1.22. The Hall–Kier alpha value is -1.58. The van der Waals surface area contributed by atoms with Gasteiger partial charge < -0.3 is 9.84 Å². The van der Waals surface area contributed by atoms with E-state index in [2.05, 4.69) is 13.2 Å². The third-order valence-corrected chi connectivity index (χ3v) is 1.42. The predicted molar refractivity (Wildman–Crippen MR) is 63.1 cm³/mol. The summed E-state index contributed by atoms with van der Waals surface area (Å²) < 4.78 is 4.77. The lowest BCUT2D eigenvalue weighted by Gasteiger charge is -2.05. The molecule has 0 bridgehead atoms. The van der Waals surface area contributed by atoms with Crippen LogP contribution in [-0.4, -0.2) is 23.1 Å². The maximum absolute atomic E-state index is 10.6. The molecule has 0 radical (unpaired) electrons. The Balaban J connectivity index is 0. The largest absolute Gasteiger partial charge is 0.478 e. The fourth-order valence-electron chi connectivity index (χ4n) is 0.466. The number of hydrogen-bond acceptors (Lipinski definition) is 3. The minimum absolute atomic E-state index is 0.0470. The summed E-state index contributed by atoms with van der Waals surface area (Å²) in [6.07, 6.45) is 0.476. The molecule has 0 atom stereocenters. The van der Waals surface area contributed by atoms with Crippen molar-refractivity contribution in [3.63, 3.8) is 0 Å². The summed E-state index contributed by atoms with van der Waals surface area (Å²) in [5.41, 5.74) is 0.712. The topological polar surface area (TPSA) is 63.6 Å². The molecule has 0 aliphatic rings. The maximum Gasteiger partial charge on any atom is 0.333 e. The molecular weight excluding hydrogens is 208 g/mol. The summed E-state index contributed by atoms with van der Waals surface area (Å²) >= 11 is 0. The van der Waals surface area contributed by atoms with Crippen LogP contribution in [0.5, 0.6) is 0 Å². The van der Waals surface area contributed by atoms with Gasteiger partial charge in [0.2, 0.25) is 0 Å². The van der Waals surface area contributed by atoms with Crippen LogP contribution in [0.3, 0.4) is 0 Å². The second kappa shape index (κ2) is 8.71. The molecule has 0 aromatic rings. The van der Waals surface area contributed by atoms with E-state index in [1.807, 2.05) is 0 Å². The number of carboxylic acid groups (broad SMARTS) is 1. The standard InChI is InChI=1S/C7H12O2.C5H8O2/c1-5(2)7(8)9-6(3)4;1-3-4(2)5(6)7/h6H,1H2,2-4H3;2-3H2,1H3,(H,6,7). The van der Waals surface area contributed by atoms with Crippen LogP contribution in [0.25, 0.3) is 0 Å². The molecule has 0 aromatic carbocycles. The molecule has 0 saturated heterocycles.